The van der Waals surface area contributed by atoms with Gasteiger partial charge in [-0.15, -0.1) is 24.0 Å². The Morgan fingerprint density at radius 3 is 2.55 bits per heavy atom. The molecule has 8 nitrogen and oxygen atoms in total. The van der Waals surface area contributed by atoms with Gasteiger partial charge >= 0.3 is 0 Å². The Morgan fingerprint density at radius 2 is 1.86 bits per heavy atom. The monoisotopic (exact) mass is 517 g/mol. The predicted octanol–water partition coefficient (Wildman–Crippen LogP) is 0.839. The first-order valence-electron chi connectivity index (χ1n) is 10.5. The topological polar surface area (TPSA) is 68.3 Å². The van der Waals surface area contributed by atoms with Gasteiger partial charge in [-0.3, -0.25) is 9.89 Å². The van der Waals surface area contributed by atoms with Crippen molar-refractivity contribution in [3.63, 3.8) is 0 Å². The Hall–Kier alpha value is -1.17. The zero-order valence-corrected chi connectivity index (χ0v) is 20.1. The summed E-state index contributed by atoms with van der Waals surface area (Å²) < 4.78 is 5.39. The highest BCUT2D eigenvalue weighted by molar-refractivity contribution is 14.0. The van der Waals surface area contributed by atoms with Crippen LogP contribution in [0.25, 0.3) is 0 Å². The number of anilines is 1. The Morgan fingerprint density at radius 1 is 1.10 bits per heavy atom. The highest BCUT2D eigenvalue weighted by atomic mass is 127. The van der Waals surface area contributed by atoms with Crippen molar-refractivity contribution in [3.8, 4) is 0 Å². The second-order valence-corrected chi connectivity index (χ2v) is 7.25. The molecule has 1 aromatic rings. The summed E-state index contributed by atoms with van der Waals surface area (Å²) in [4.78, 5) is 16.2. The molecule has 0 atom stereocenters. The summed E-state index contributed by atoms with van der Waals surface area (Å²) in [7, 11) is 1.81. The minimum absolute atomic E-state index is 0. The number of guanidine groups is 1. The number of likely N-dealkylation sites (N-methyl/N-ethyl adjacent to an activating group) is 1. The van der Waals surface area contributed by atoms with Gasteiger partial charge in [0.25, 0.3) is 0 Å². The first-order chi connectivity index (χ1) is 13.8. The smallest absolute Gasteiger partial charge is 0.191 e. The fourth-order valence-electron chi connectivity index (χ4n) is 3.60. The zero-order valence-electron chi connectivity index (χ0n) is 17.8. The third kappa shape index (κ3) is 7.88. The third-order valence-corrected chi connectivity index (χ3v) is 5.46. The van der Waals surface area contributed by atoms with Crippen LogP contribution in [0.4, 0.5) is 5.82 Å². The number of morpholine rings is 1. The molecule has 2 fully saturated rings. The largest absolute Gasteiger partial charge is 0.379 e. The maximum Gasteiger partial charge on any atom is 0.191 e. The van der Waals surface area contributed by atoms with E-state index in [1.807, 2.05) is 13.2 Å². The number of hydrogen-bond donors (Lipinski definition) is 2. The van der Waals surface area contributed by atoms with Crippen LogP contribution in [0.15, 0.2) is 23.3 Å². The average molecular weight is 517 g/mol. The van der Waals surface area contributed by atoms with Crippen molar-refractivity contribution in [2.45, 2.75) is 13.5 Å². The molecule has 0 unspecified atom stereocenters. The number of nitrogens with zero attached hydrogens (tertiary/aromatic N) is 5. The Kier molecular flexibility index (Phi) is 11.0. The van der Waals surface area contributed by atoms with E-state index >= 15 is 0 Å². The Bertz CT molecular complexity index is 617. The quantitative estimate of drug-likeness (QED) is 0.316. The van der Waals surface area contributed by atoms with Gasteiger partial charge in [0, 0.05) is 72.1 Å². The number of hydrogen-bond acceptors (Lipinski definition) is 6. The summed E-state index contributed by atoms with van der Waals surface area (Å²) in [5, 5.41) is 6.81. The molecule has 3 rings (SSSR count). The van der Waals surface area contributed by atoms with Crippen molar-refractivity contribution in [1.29, 1.82) is 0 Å². The molecule has 0 radical (unpaired) electrons. The number of aliphatic imine (C=N–C) groups is 1. The van der Waals surface area contributed by atoms with Crippen molar-refractivity contribution >= 4 is 35.8 Å². The highest BCUT2D eigenvalue weighted by Gasteiger charge is 2.17. The molecule has 0 aliphatic carbocycles. The van der Waals surface area contributed by atoms with Crippen molar-refractivity contribution < 1.29 is 4.74 Å². The van der Waals surface area contributed by atoms with E-state index in [2.05, 4.69) is 54.4 Å². The molecular weight excluding hydrogens is 481 g/mol. The lowest BCUT2D eigenvalue weighted by Crippen LogP contribution is -2.46. The molecule has 3 heterocycles. The van der Waals surface area contributed by atoms with Crippen molar-refractivity contribution in [3.05, 3.63) is 23.9 Å². The van der Waals surface area contributed by atoms with Crippen LogP contribution in [-0.4, -0.2) is 99.9 Å². The van der Waals surface area contributed by atoms with E-state index in [0.717, 1.165) is 90.4 Å². The van der Waals surface area contributed by atoms with Crippen LogP contribution in [-0.2, 0) is 11.3 Å². The number of piperazine rings is 1. The second-order valence-electron chi connectivity index (χ2n) is 7.25. The lowest BCUT2D eigenvalue weighted by molar-refractivity contribution is 0.0389. The molecule has 0 spiro atoms. The van der Waals surface area contributed by atoms with E-state index in [-0.39, 0.29) is 24.0 Å². The molecule has 2 N–H and O–H groups in total. The van der Waals surface area contributed by atoms with Gasteiger partial charge in [0.2, 0.25) is 0 Å². The van der Waals surface area contributed by atoms with Gasteiger partial charge in [0.1, 0.15) is 5.82 Å². The summed E-state index contributed by atoms with van der Waals surface area (Å²) in [6.07, 6.45) is 1.91. The van der Waals surface area contributed by atoms with Crippen molar-refractivity contribution in [2.75, 3.05) is 84.1 Å². The van der Waals surface area contributed by atoms with Crippen LogP contribution < -0.4 is 15.5 Å². The normalized spacial score (nSPS) is 19.0. The maximum absolute atomic E-state index is 5.39. The fraction of sp³-hybridized carbons (Fsp3) is 0.700. The number of nitrogens with one attached hydrogen (secondary N) is 2. The van der Waals surface area contributed by atoms with Crippen LogP contribution in [0.1, 0.15) is 12.5 Å². The summed E-state index contributed by atoms with van der Waals surface area (Å²) in [5.74, 6) is 1.91. The van der Waals surface area contributed by atoms with E-state index in [1.54, 1.807) is 0 Å². The van der Waals surface area contributed by atoms with Crippen LogP contribution in [0, 0.1) is 0 Å². The van der Waals surface area contributed by atoms with E-state index in [0.29, 0.717) is 0 Å². The van der Waals surface area contributed by atoms with Gasteiger partial charge in [-0.05, 0) is 24.2 Å². The number of pyridine rings is 1. The van der Waals surface area contributed by atoms with Crippen molar-refractivity contribution in [2.24, 2.45) is 4.99 Å². The fourth-order valence-corrected chi connectivity index (χ4v) is 3.60. The number of aromatic nitrogens is 1. The maximum atomic E-state index is 5.39. The molecule has 0 aromatic carbocycles. The van der Waals surface area contributed by atoms with E-state index < -0.39 is 0 Å². The summed E-state index contributed by atoms with van der Waals surface area (Å²) in [5.41, 5.74) is 1.22. The van der Waals surface area contributed by atoms with E-state index in [1.165, 1.54) is 5.56 Å². The Labute approximate surface area is 192 Å². The lowest BCUT2D eigenvalue weighted by Gasteiger charge is -2.34. The molecule has 0 bridgehead atoms. The standard InChI is InChI=1S/C20H35N7O.HI/c1-3-25-8-10-27(11-9-25)19-16-18(4-5-22-19)17-24-20(21-2)23-6-7-26-12-14-28-15-13-26;/h4-5,16H,3,6-15,17H2,1-2H3,(H2,21,23,24);1H. The molecule has 29 heavy (non-hydrogen) atoms. The molecule has 2 aliphatic rings. The number of rotatable bonds is 7. The SMILES string of the molecule is CCN1CCN(c2cc(CNC(=NC)NCCN3CCOCC3)ccn2)CC1.I. The van der Waals surface area contributed by atoms with E-state index in [4.69, 9.17) is 4.74 Å². The van der Waals surface area contributed by atoms with Gasteiger partial charge in [-0.1, -0.05) is 6.92 Å². The second kappa shape index (κ2) is 13.2. The molecule has 0 saturated carbocycles. The summed E-state index contributed by atoms with van der Waals surface area (Å²) in [6, 6.07) is 4.26. The van der Waals surface area contributed by atoms with Crippen LogP contribution in [0.5, 0.6) is 0 Å². The zero-order chi connectivity index (χ0) is 19.6. The summed E-state index contributed by atoms with van der Waals surface area (Å²) in [6.45, 7) is 14.0. The van der Waals surface area contributed by atoms with Gasteiger partial charge in [-0.25, -0.2) is 4.98 Å². The average Bonchev–Trinajstić information content (AvgIpc) is 2.77. The van der Waals surface area contributed by atoms with Crippen LogP contribution >= 0.6 is 24.0 Å². The Balaban J connectivity index is 0.00000300. The van der Waals surface area contributed by atoms with Gasteiger partial charge in [-0.2, -0.15) is 0 Å². The molecule has 164 valence electrons. The van der Waals surface area contributed by atoms with E-state index in [9.17, 15) is 0 Å². The minimum atomic E-state index is 0. The molecule has 1 aromatic heterocycles. The predicted molar refractivity (Wildman–Crippen MR) is 129 cm³/mol. The van der Waals surface area contributed by atoms with Crippen LogP contribution in [0.2, 0.25) is 0 Å². The first kappa shape index (κ1) is 24.1. The first-order valence-corrected chi connectivity index (χ1v) is 10.5. The highest BCUT2D eigenvalue weighted by Crippen LogP contribution is 2.15. The molecule has 9 heteroatoms. The minimum Gasteiger partial charge on any atom is -0.379 e. The van der Waals surface area contributed by atoms with Gasteiger partial charge in [0.15, 0.2) is 5.96 Å². The van der Waals surface area contributed by atoms with Gasteiger partial charge in [0.05, 0.1) is 13.2 Å². The molecule has 2 saturated heterocycles. The molecule has 0 amide bonds. The van der Waals surface area contributed by atoms with Crippen molar-refractivity contribution in [1.82, 2.24) is 25.4 Å². The molecule has 2 aliphatic heterocycles. The lowest BCUT2D eigenvalue weighted by atomic mass is 10.2. The third-order valence-electron chi connectivity index (χ3n) is 5.46. The number of halogens is 1. The number of ether oxygens (including phenoxy) is 1. The van der Waals surface area contributed by atoms with Crippen LogP contribution in [0.3, 0.4) is 0 Å². The van der Waals surface area contributed by atoms with Gasteiger partial charge < -0.3 is 25.2 Å². The molecular formula is C20H36IN7O. The summed E-state index contributed by atoms with van der Waals surface area (Å²) >= 11 is 0.